The topological polar surface area (TPSA) is 101 Å². The Morgan fingerprint density at radius 2 is 1.55 bits per heavy atom. The van der Waals surface area contributed by atoms with Crippen molar-refractivity contribution in [2.75, 3.05) is 32.8 Å². The largest absolute Gasteiger partial charge is 0.466 e. The molecule has 0 rings (SSSR count). The van der Waals surface area contributed by atoms with Crippen LogP contribution in [0.25, 0.3) is 0 Å². The number of alkyl carbamates (subject to hydrolysis) is 1. The van der Waals surface area contributed by atoms with Gasteiger partial charge in [-0.05, 0) is 53.9 Å². The number of esters is 1. The lowest BCUT2D eigenvalue weighted by Crippen LogP contribution is -2.38. The van der Waals surface area contributed by atoms with E-state index < -0.39 is 11.7 Å². The van der Waals surface area contributed by atoms with Crippen LogP contribution in [0.4, 0.5) is 4.79 Å². The van der Waals surface area contributed by atoms with Crippen LogP contribution in [0.3, 0.4) is 0 Å². The molecule has 0 fully saturated rings. The summed E-state index contributed by atoms with van der Waals surface area (Å²) in [6.45, 7) is 12.6. The maximum atomic E-state index is 11.6. The lowest BCUT2D eigenvalue weighted by molar-refractivity contribution is -0.143. The molecule has 0 spiro atoms. The van der Waals surface area contributed by atoms with Gasteiger partial charge in [-0.25, -0.2) is 4.79 Å². The molecule has 0 aromatic heterocycles. The number of hydrogen-bond donors (Lipinski definition) is 3. The first-order chi connectivity index (χ1) is 13.3. The van der Waals surface area contributed by atoms with Crippen molar-refractivity contribution in [1.29, 1.82) is 0 Å². The quantitative estimate of drug-likeness (QED) is 0.111. The summed E-state index contributed by atoms with van der Waals surface area (Å²) in [5.41, 5.74) is -0.483. The minimum atomic E-state index is -0.483. The number of amides is 1. The number of aliphatic imine (C=N–C) groups is 1. The molecule has 0 saturated carbocycles. The Morgan fingerprint density at radius 1 is 0.897 bits per heavy atom. The lowest BCUT2D eigenvalue weighted by atomic mass is 10.1. The van der Waals surface area contributed by atoms with Gasteiger partial charge >= 0.3 is 12.1 Å². The fraction of sp³-hybridized carbons (Fsp3) is 0.850. The van der Waals surface area contributed by atoms with Gasteiger partial charge in [0.15, 0.2) is 5.96 Å². The summed E-state index contributed by atoms with van der Waals surface area (Å²) >= 11 is 0. The van der Waals surface area contributed by atoms with Gasteiger partial charge < -0.3 is 25.4 Å². The summed E-state index contributed by atoms with van der Waals surface area (Å²) in [6, 6.07) is 0. The van der Waals surface area contributed by atoms with Crippen LogP contribution in [-0.4, -0.2) is 56.4 Å². The first kappa shape index (κ1) is 29.9. The maximum absolute atomic E-state index is 11.6. The predicted octanol–water partition coefficient (Wildman–Crippen LogP) is 3.59. The molecule has 0 aliphatic carbocycles. The molecule has 0 unspecified atom stereocenters. The van der Waals surface area contributed by atoms with E-state index >= 15 is 0 Å². The molecule has 0 saturated heterocycles. The summed E-state index contributed by atoms with van der Waals surface area (Å²) < 4.78 is 10.1. The van der Waals surface area contributed by atoms with Crippen LogP contribution < -0.4 is 16.0 Å². The summed E-state index contributed by atoms with van der Waals surface area (Å²) in [4.78, 5) is 27.3. The number of ether oxygens (including phenoxy) is 2. The number of nitrogens with one attached hydrogen (secondary N) is 3. The molecule has 8 nitrogen and oxygen atoms in total. The second-order valence-electron chi connectivity index (χ2n) is 7.44. The van der Waals surface area contributed by atoms with Crippen LogP contribution in [0.5, 0.6) is 0 Å². The molecule has 29 heavy (non-hydrogen) atoms. The molecule has 9 heteroatoms. The van der Waals surface area contributed by atoms with E-state index in [4.69, 9.17) is 9.47 Å². The summed E-state index contributed by atoms with van der Waals surface area (Å²) in [7, 11) is 0. The molecule has 0 atom stereocenters. The number of guanidine groups is 1. The Hall–Kier alpha value is -1.26. The maximum Gasteiger partial charge on any atom is 0.407 e. The number of carbonyl (C=O) groups excluding carboxylic acids is 2. The molecule has 0 aromatic carbocycles. The molecule has 0 aliphatic rings. The molecule has 0 bridgehead atoms. The lowest BCUT2D eigenvalue weighted by Gasteiger charge is -2.19. The van der Waals surface area contributed by atoms with Crippen LogP contribution in [0.2, 0.25) is 0 Å². The Bertz CT molecular complexity index is 468. The van der Waals surface area contributed by atoms with E-state index in [1.165, 1.54) is 0 Å². The Morgan fingerprint density at radius 3 is 2.17 bits per heavy atom. The monoisotopic (exact) mass is 528 g/mol. The highest BCUT2D eigenvalue weighted by molar-refractivity contribution is 14.0. The van der Waals surface area contributed by atoms with Gasteiger partial charge in [-0.15, -0.1) is 24.0 Å². The fourth-order valence-corrected chi connectivity index (χ4v) is 2.30. The second kappa shape index (κ2) is 18.7. The summed E-state index contributed by atoms with van der Waals surface area (Å²) in [6.07, 6.45) is 4.82. The standard InChI is InChI=1S/C20H40N4O4.HI/c1-6-21-18(22-14-11-9-8-10-13-17(25)27-7-2)23-15-12-16-24-19(26)28-20(3,4)5;/h6-16H2,1-5H3,(H,24,26)(H2,21,22,23);1H. The van der Waals surface area contributed by atoms with Gasteiger partial charge in [0.25, 0.3) is 0 Å². The van der Waals surface area contributed by atoms with Gasteiger partial charge in [-0.3, -0.25) is 9.79 Å². The molecule has 0 aliphatic heterocycles. The van der Waals surface area contributed by atoms with Gasteiger partial charge in [0, 0.05) is 32.6 Å². The Kier molecular flexibility index (Phi) is 19.4. The molecular formula is C20H41IN4O4. The van der Waals surface area contributed by atoms with Gasteiger partial charge in [0.1, 0.15) is 5.60 Å². The van der Waals surface area contributed by atoms with Crippen LogP contribution in [-0.2, 0) is 14.3 Å². The van der Waals surface area contributed by atoms with Crippen molar-refractivity contribution >= 4 is 42.0 Å². The van der Waals surface area contributed by atoms with E-state index in [9.17, 15) is 9.59 Å². The zero-order valence-corrected chi connectivity index (χ0v) is 21.1. The summed E-state index contributed by atoms with van der Waals surface area (Å²) in [5, 5.41) is 9.25. The van der Waals surface area contributed by atoms with Gasteiger partial charge in [-0.2, -0.15) is 0 Å². The third-order valence-corrected chi connectivity index (χ3v) is 3.52. The van der Waals surface area contributed by atoms with Crippen molar-refractivity contribution in [2.24, 2.45) is 4.99 Å². The third-order valence-electron chi connectivity index (χ3n) is 3.52. The first-order valence-electron chi connectivity index (χ1n) is 10.4. The highest BCUT2D eigenvalue weighted by Crippen LogP contribution is 2.06. The molecule has 1 amide bonds. The van der Waals surface area contributed by atoms with Crippen molar-refractivity contribution < 1.29 is 19.1 Å². The molecule has 0 aromatic rings. The SMILES string of the molecule is CCNC(=NCCCNC(=O)OC(C)(C)C)NCCCCCCC(=O)OCC.I. The Labute approximate surface area is 193 Å². The van der Waals surface area contributed by atoms with Crippen LogP contribution in [0, 0.1) is 0 Å². The number of halogens is 1. The van der Waals surface area contributed by atoms with E-state index in [2.05, 4.69) is 20.9 Å². The van der Waals surface area contributed by atoms with Gasteiger partial charge in [0.2, 0.25) is 0 Å². The number of hydrogen-bond acceptors (Lipinski definition) is 5. The van der Waals surface area contributed by atoms with E-state index in [-0.39, 0.29) is 29.9 Å². The zero-order chi connectivity index (χ0) is 21.3. The van der Waals surface area contributed by atoms with Crippen molar-refractivity contribution in [1.82, 2.24) is 16.0 Å². The Balaban J connectivity index is 0. The number of nitrogens with zero attached hydrogens (tertiary/aromatic N) is 1. The van der Waals surface area contributed by atoms with Crippen molar-refractivity contribution in [3.63, 3.8) is 0 Å². The number of carbonyl (C=O) groups is 2. The number of rotatable bonds is 13. The molecule has 172 valence electrons. The summed E-state index contributed by atoms with van der Waals surface area (Å²) in [5.74, 6) is 0.676. The smallest absolute Gasteiger partial charge is 0.407 e. The van der Waals surface area contributed by atoms with Crippen LogP contribution in [0.1, 0.15) is 73.1 Å². The van der Waals surface area contributed by atoms with Crippen molar-refractivity contribution in [2.45, 2.75) is 78.7 Å². The molecule has 0 heterocycles. The minimum Gasteiger partial charge on any atom is -0.466 e. The predicted molar refractivity (Wildman–Crippen MR) is 128 cm³/mol. The van der Waals surface area contributed by atoms with E-state index in [0.29, 0.717) is 26.1 Å². The van der Waals surface area contributed by atoms with E-state index in [0.717, 1.165) is 51.2 Å². The van der Waals surface area contributed by atoms with Crippen LogP contribution in [0.15, 0.2) is 4.99 Å². The van der Waals surface area contributed by atoms with E-state index in [1.807, 2.05) is 34.6 Å². The highest BCUT2D eigenvalue weighted by Gasteiger charge is 2.15. The van der Waals surface area contributed by atoms with Gasteiger partial charge in [0.05, 0.1) is 6.61 Å². The average molecular weight is 528 g/mol. The fourth-order valence-electron chi connectivity index (χ4n) is 2.30. The van der Waals surface area contributed by atoms with Gasteiger partial charge in [-0.1, -0.05) is 12.8 Å². The zero-order valence-electron chi connectivity index (χ0n) is 18.8. The van der Waals surface area contributed by atoms with Crippen molar-refractivity contribution in [3.8, 4) is 0 Å². The molecule has 3 N–H and O–H groups in total. The molecular weight excluding hydrogens is 487 g/mol. The number of unbranched alkanes of at least 4 members (excludes halogenated alkanes) is 3. The highest BCUT2D eigenvalue weighted by atomic mass is 127. The normalized spacial score (nSPS) is 11.3. The van der Waals surface area contributed by atoms with Crippen molar-refractivity contribution in [3.05, 3.63) is 0 Å². The van der Waals surface area contributed by atoms with Crippen LogP contribution >= 0.6 is 24.0 Å². The minimum absolute atomic E-state index is 0. The average Bonchev–Trinajstić information content (AvgIpc) is 2.59. The van der Waals surface area contributed by atoms with E-state index in [1.54, 1.807) is 0 Å². The second-order valence-corrected chi connectivity index (χ2v) is 7.44. The first-order valence-corrected chi connectivity index (χ1v) is 10.4. The third kappa shape index (κ3) is 21.3. The molecule has 0 radical (unpaired) electrons.